The van der Waals surface area contributed by atoms with Crippen molar-refractivity contribution in [3.05, 3.63) is 29.6 Å². The molecular weight excluding hydrogens is 233 g/mol. The van der Waals surface area contributed by atoms with Crippen molar-refractivity contribution in [3.8, 4) is 5.75 Å². The molecule has 2 unspecified atom stereocenters. The van der Waals surface area contributed by atoms with Gasteiger partial charge in [0.1, 0.15) is 11.6 Å². The molecule has 0 aromatic heterocycles. The molecule has 100 valence electrons. The topological polar surface area (TPSA) is 32.7 Å². The monoisotopic (exact) mass is 253 g/mol. The molecule has 0 spiro atoms. The van der Waals surface area contributed by atoms with Gasteiger partial charge in [0.25, 0.3) is 0 Å². The van der Waals surface area contributed by atoms with Crippen LogP contribution in [-0.4, -0.2) is 36.3 Å². The highest BCUT2D eigenvalue weighted by Crippen LogP contribution is 2.24. The van der Waals surface area contributed by atoms with Gasteiger partial charge in [-0.2, -0.15) is 0 Å². The normalized spacial score (nSPS) is 25.3. The van der Waals surface area contributed by atoms with Gasteiger partial charge in [0, 0.05) is 25.8 Å². The second-order valence-corrected chi connectivity index (χ2v) is 5.05. The highest BCUT2D eigenvalue weighted by molar-refractivity contribution is 5.32. The first-order valence-corrected chi connectivity index (χ1v) is 6.32. The highest BCUT2D eigenvalue weighted by Gasteiger charge is 2.26. The number of ether oxygens (including phenoxy) is 1. The lowest BCUT2D eigenvalue weighted by Gasteiger charge is -2.36. The summed E-state index contributed by atoms with van der Waals surface area (Å²) in [5.41, 5.74) is 0.638. The van der Waals surface area contributed by atoms with Gasteiger partial charge in [-0.1, -0.05) is 6.92 Å². The molecule has 0 aliphatic carbocycles. The Balaban J connectivity index is 2.03. The Bertz CT molecular complexity index is 411. The average Bonchev–Trinajstić information content (AvgIpc) is 2.36. The Morgan fingerprint density at radius 3 is 3.00 bits per heavy atom. The second-order valence-electron chi connectivity index (χ2n) is 5.05. The molecule has 1 fully saturated rings. The molecule has 1 N–H and O–H groups in total. The third kappa shape index (κ3) is 3.00. The fourth-order valence-electron chi connectivity index (χ4n) is 2.47. The number of rotatable bonds is 3. The van der Waals surface area contributed by atoms with Gasteiger partial charge in [-0.15, -0.1) is 0 Å². The molecule has 1 aliphatic rings. The molecule has 1 aliphatic heterocycles. The van der Waals surface area contributed by atoms with Crippen LogP contribution in [0.2, 0.25) is 0 Å². The van der Waals surface area contributed by atoms with E-state index in [1.807, 2.05) is 0 Å². The van der Waals surface area contributed by atoms with Gasteiger partial charge in [-0.25, -0.2) is 4.39 Å². The maximum absolute atomic E-state index is 13.2. The van der Waals surface area contributed by atoms with Crippen LogP contribution in [0.3, 0.4) is 0 Å². The van der Waals surface area contributed by atoms with Gasteiger partial charge in [-0.3, -0.25) is 4.90 Å². The van der Waals surface area contributed by atoms with E-state index in [1.165, 1.54) is 18.2 Å². The predicted molar refractivity (Wildman–Crippen MR) is 67.9 cm³/mol. The van der Waals surface area contributed by atoms with E-state index in [9.17, 15) is 9.50 Å². The molecule has 0 radical (unpaired) electrons. The van der Waals surface area contributed by atoms with Crippen LogP contribution in [-0.2, 0) is 11.3 Å². The Morgan fingerprint density at radius 1 is 1.50 bits per heavy atom. The lowest BCUT2D eigenvalue weighted by Crippen LogP contribution is -2.43. The van der Waals surface area contributed by atoms with Crippen LogP contribution in [0.5, 0.6) is 5.75 Å². The molecule has 1 saturated heterocycles. The smallest absolute Gasteiger partial charge is 0.123 e. The van der Waals surface area contributed by atoms with Gasteiger partial charge in [0.15, 0.2) is 0 Å². The summed E-state index contributed by atoms with van der Waals surface area (Å²) in [7, 11) is 1.73. The van der Waals surface area contributed by atoms with Gasteiger partial charge in [-0.05, 0) is 37.1 Å². The Labute approximate surface area is 107 Å². The molecule has 0 amide bonds. The Hall–Kier alpha value is -1.13. The summed E-state index contributed by atoms with van der Waals surface area (Å²) >= 11 is 0. The van der Waals surface area contributed by atoms with E-state index in [0.717, 1.165) is 19.5 Å². The number of aromatic hydroxyl groups is 1. The van der Waals surface area contributed by atoms with E-state index in [0.29, 0.717) is 18.0 Å². The molecule has 4 heteroatoms. The molecule has 0 saturated carbocycles. The van der Waals surface area contributed by atoms with Crippen molar-refractivity contribution in [1.82, 2.24) is 4.90 Å². The van der Waals surface area contributed by atoms with E-state index >= 15 is 0 Å². The number of hydrogen-bond donors (Lipinski definition) is 1. The molecule has 18 heavy (non-hydrogen) atoms. The van der Waals surface area contributed by atoms with Crippen LogP contribution in [0.25, 0.3) is 0 Å². The van der Waals surface area contributed by atoms with E-state index in [-0.39, 0.29) is 17.7 Å². The third-order valence-corrected chi connectivity index (χ3v) is 3.71. The van der Waals surface area contributed by atoms with E-state index in [2.05, 4.69) is 11.8 Å². The number of likely N-dealkylation sites (tertiary alicyclic amines) is 1. The van der Waals surface area contributed by atoms with E-state index < -0.39 is 0 Å². The molecule has 0 bridgehead atoms. The van der Waals surface area contributed by atoms with Crippen molar-refractivity contribution in [2.24, 2.45) is 5.92 Å². The van der Waals surface area contributed by atoms with Crippen molar-refractivity contribution in [3.63, 3.8) is 0 Å². The summed E-state index contributed by atoms with van der Waals surface area (Å²) in [5.74, 6) is 0.396. The fourth-order valence-corrected chi connectivity index (χ4v) is 2.47. The maximum Gasteiger partial charge on any atom is 0.123 e. The number of nitrogens with zero attached hydrogens (tertiary/aromatic N) is 1. The molecular formula is C14H20FNO2. The van der Waals surface area contributed by atoms with Crippen LogP contribution >= 0.6 is 0 Å². The standard InChI is InChI=1S/C14H20FNO2/c1-10-5-6-16(9-14(10)18-2)8-11-7-12(15)3-4-13(11)17/h3-4,7,10,14,17H,5-6,8-9H2,1-2H3. The lowest BCUT2D eigenvalue weighted by molar-refractivity contribution is -0.00764. The number of methoxy groups -OCH3 is 1. The fraction of sp³-hybridized carbons (Fsp3) is 0.571. The zero-order chi connectivity index (χ0) is 13.1. The van der Waals surface area contributed by atoms with Gasteiger partial charge in [0.2, 0.25) is 0 Å². The molecule has 3 nitrogen and oxygen atoms in total. The summed E-state index contributed by atoms with van der Waals surface area (Å²) in [6.45, 7) is 4.53. The van der Waals surface area contributed by atoms with Crippen molar-refractivity contribution in [2.45, 2.75) is 26.0 Å². The maximum atomic E-state index is 13.2. The number of hydrogen-bond acceptors (Lipinski definition) is 3. The lowest BCUT2D eigenvalue weighted by atomic mass is 9.95. The van der Waals surface area contributed by atoms with E-state index in [1.54, 1.807) is 7.11 Å². The Morgan fingerprint density at radius 2 is 2.28 bits per heavy atom. The molecule has 2 atom stereocenters. The van der Waals surface area contributed by atoms with Crippen LogP contribution < -0.4 is 0 Å². The van der Waals surface area contributed by atoms with Crippen molar-refractivity contribution < 1.29 is 14.2 Å². The minimum absolute atomic E-state index is 0.156. The van der Waals surface area contributed by atoms with Crippen LogP contribution in [0, 0.1) is 11.7 Å². The third-order valence-electron chi connectivity index (χ3n) is 3.71. The number of piperidine rings is 1. The number of phenolic OH excluding ortho intramolecular Hbond substituents is 1. The van der Waals surface area contributed by atoms with Gasteiger partial charge >= 0.3 is 0 Å². The van der Waals surface area contributed by atoms with Gasteiger partial charge < -0.3 is 9.84 Å². The first kappa shape index (κ1) is 13.3. The number of benzene rings is 1. The molecule has 1 aromatic carbocycles. The van der Waals surface area contributed by atoms with Crippen LogP contribution in [0.4, 0.5) is 4.39 Å². The number of phenols is 1. The SMILES string of the molecule is COC1CN(Cc2cc(F)ccc2O)CCC1C. The van der Waals surface area contributed by atoms with E-state index in [4.69, 9.17) is 4.74 Å². The Kier molecular flexibility index (Phi) is 4.19. The van der Waals surface area contributed by atoms with Crippen molar-refractivity contribution in [1.29, 1.82) is 0 Å². The first-order chi connectivity index (χ1) is 8.60. The van der Waals surface area contributed by atoms with Crippen molar-refractivity contribution in [2.75, 3.05) is 20.2 Å². The average molecular weight is 253 g/mol. The summed E-state index contributed by atoms with van der Waals surface area (Å²) in [6, 6.07) is 4.08. The summed E-state index contributed by atoms with van der Waals surface area (Å²) in [4.78, 5) is 2.20. The molecule has 1 heterocycles. The summed E-state index contributed by atoms with van der Waals surface area (Å²) < 4.78 is 18.6. The largest absolute Gasteiger partial charge is 0.508 e. The van der Waals surface area contributed by atoms with Crippen LogP contribution in [0.1, 0.15) is 18.9 Å². The van der Waals surface area contributed by atoms with Crippen molar-refractivity contribution >= 4 is 0 Å². The quantitative estimate of drug-likeness (QED) is 0.897. The van der Waals surface area contributed by atoms with Gasteiger partial charge in [0.05, 0.1) is 6.10 Å². The molecule has 2 rings (SSSR count). The zero-order valence-electron chi connectivity index (χ0n) is 10.9. The second kappa shape index (κ2) is 5.67. The highest BCUT2D eigenvalue weighted by atomic mass is 19.1. The minimum Gasteiger partial charge on any atom is -0.508 e. The predicted octanol–water partition coefficient (Wildman–Crippen LogP) is 2.39. The number of halogens is 1. The summed E-state index contributed by atoms with van der Waals surface area (Å²) in [6.07, 6.45) is 1.28. The molecule has 1 aromatic rings. The summed E-state index contributed by atoms with van der Waals surface area (Å²) in [5, 5.41) is 9.72. The minimum atomic E-state index is -0.309. The first-order valence-electron chi connectivity index (χ1n) is 6.32. The van der Waals surface area contributed by atoms with Crippen LogP contribution in [0.15, 0.2) is 18.2 Å². The zero-order valence-corrected chi connectivity index (χ0v) is 10.9.